The molecule has 4 N–H and O–H groups in total. The van der Waals surface area contributed by atoms with Crippen LogP contribution >= 0.6 is 0 Å². The number of aromatic nitrogens is 2. The number of rotatable bonds is 5. The molecule has 0 unspecified atom stereocenters. The molecule has 0 amide bonds. The lowest BCUT2D eigenvalue weighted by molar-refractivity contribution is -0.383. The molecule has 1 saturated heterocycles. The molecule has 0 radical (unpaired) electrons. The van der Waals surface area contributed by atoms with Crippen LogP contribution in [-0.2, 0) is 4.74 Å². The summed E-state index contributed by atoms with van der Waals surface area (Å²) < 4.78 is 5.22. The molecule has 0 aliphatic carbocycles. The van der Waals surface area contributed by atoms with E-state index < -0.39 is 4.92 Å². The van der Waals surface area contributed by atoms with Gasteiger partial charge in [-0.3, -0.25) is 10.1 Å². The highest BCUT2D eigenvalue weighted by Gasteiger charge is 2.25. The van der Waals surface area contributed by atoms with Gasteiger partial charge in [-0.15, -0.1) is 0 Å². The first-order chi connectivity index (χ1) is 9.63. The molecule has 10 nitrogen and oxygen atoms in total. The fraction of sp³-hybridized carbons (Fsp3) is 0.600. The quantitative estimate of drug-likeness (QED) is 0.468. The minimum atomic E-state index is -0.641. The molecular formula is C10H16N6O4. The van der Waals surface area contributed by atoms with E-state index in [2.05, 4.69) is 15.3 Å². The van der Waals surface area contributed by atoms with Crippen LogP contribution in [0.5, 0.6) is 0 Å². The number of hydrogen-bond acceptors (Lipinski definition) is 9. The zero-order valence-corrected chi connectivity index (χ0v) is 10.8. The van der Waals surface area contributed by atoms with E-state index in [1.54, 1.807) is 0 Å². The van der Waals surface area contributed by atoms with Crippen molar-refractivity contribution in [2.24, 2.45) is 0 Å². The summed E-state index contributed by atoms with van der Waals surface area (Å²) in [5, 5.41) is 22.5. The van der Waals surface area contributed by atoms with Crippen molar-refractivity contribution < 1.29 is 14.8 Å². The number of nitrogens with two attached hydrogens (primary N) is 1. The molecule has 10 heteroatoms. The smallest absolute Gasteiger partial charge is 0.353 e. The number of hydrogen-bond donors (Lipinski definition) is 3. The summed E-state index contributed by atoms with van der Waals surface area (Å²) in [6, 6.07) is 0. The molecule has 1 aliphatic rings. The molecule has 1 fully saturated rings. The molecular weight excluding hydrogens is 268 g/mol. The molecule has 1 aliphatic heterocycles. The average molecular weight is 284 g/mol. The first kappa shape index (κ1) is 14.2. The van der Waals surface area contributed by atoms with Gasteiger partial charge >= 0.3 is 5.69 Å². The van der Waals surface area contributed by atoms with Crippen LogP contribution in [0.3, 0.4) is 0 Å². The van der Waals surface area contributed by atoms with Crippen molar-refractivity contribution in [2.45, 2.75) is 0 Å². The predicted octanol–water partition coefficient (Wildman–Crippen LogP) is -0.792. The van der Waals surface area contributed by atoms with Gasteiger partial charge in [-0.25, -0.2) is 0 Å². The molecule has 110 valence electrons. The Labute approximate surface area is 114 Å². The number of nitrogens with one attached hydrogen (secondary N) is 1. The Balaban J connectivity index is 2.34. The number of nitrogens with zero attached hydrogens (tertiary/aromatic N) is 4. The van der Waals surface area contributed by atoms with Crippen LogP contribution in [0.4, 0.5) is 23.3 Å². The van der Waals surface area contributed by atoms with Crippen LogP contribution in [0, 0.1) is 10.1 Å². The lowest BCUT2D eigenvalue weighted by Gasteiger charge is -2.27. The Kier molecular flexibility index (Phi) is 4.48. The zero-order chi connectivity index (χ0) is 14.5. The van der Waals surface area contributed by atoms with Gasteiger partial charge in [0.2, 0.25) is 17.6 Å². The summed E-state index contributed by atoms with van der Waals surface area (Å²) >= 11 is 0. The van der Waals surface area contributed by atoms with Crippen molar-refractivity contribution in [3.63, 3.8) is 0 Å². The maximum absolute atomic E-state index is 11.0. The third-order valence-corrected chi connectivity index (χ3v) is 2.78. The number of morpholine rings is 1. The highest BCUT2D eigenvalue weighted by Crippen LogP contribution is 2.30. The highest BCUT2D eigenvalue weighted by atomic mass is 16.6. The fourth-order valence-corrected chi connectivity index (χ4v) is 1.84. The van der Waals surface area contributed by atoms with Gasteiger partial charge < -0.3 is 25.8 Å². The van der Waals surface area contributed by atoms with E-state index in [4.69, 9.17) is 15.6 Å². The third kappa shape index (κ3) is 3.03. The SMILES string of the molecule is Nc1nc(N2CCOCC2)nc(NCCO)c1[N+](=O)[O-]. The van der Waals surface area contributed by atoms with Crippen LogP contribution in [0.15, 0.2) is 0 Å². The monoisotopic (exact) mass is 284 g/mol. The molecule has 0 spiro atoms. The Bertz CT molecular complexity index is 491. The van der Waals surface area contributed by atoms with E-state index in [9.17, 15) is 10.1 Å². The molecule has 0 saturated carbocycles. The first-order valence-corrected chi connectivity index (χ1v) is 6.13. The molecule has 1 aromatic heterocycles. The summed E-state index contributed by atoms with van der Waals surface area (Å²) in [4.78, 5) is 20.3. The van der Waals surface area contributed by atoms with E-state index in [-0.39, 0.29) is 30.5 Å². The van der Waals surface area contributed by atoms with Crippen molar-refractivity contribution >= 4 is 23.3 Å². The van der Waals surface area contributed by atoms with Gasteiger partial charge in [0.15, 0.2) is 0 Å². The molecule has 1 aromatic rings. The standard InChI is InChI=1S/C10H16N6O4/c11-8-7(16(18)19)9(12-1-4-17)14-10(13-8)15-2-5-20-6-3-15/h17H,1-6H2,(H3,11,12,13,14). The Morgan fingerprint density at radius 2 is 2.15 bits per heavy atom. The molecule has 2 rings (SSSR count). The summed E-state index contributed by atoms with van der Waals surface area (Å²) in [6.45, 7) is 2.24. The summed E-state index contributed by atoms with van der Waals surface area (Å²) in [6.07, 6.45) is 0. The number of nitro groups is 1. The number of nitrogen functional groups attached to an aromatic ring is 1. The number of aliphatic hydroxyl groups is 1. The van der Waals surface area contributed by atoms with Crippen LogP contribution in [-0.4, -0.2) is 59.5 Å². The maximum atomic E-state index is 11.0. The lowest BCUT2D eigenvalue weighted by atomic mass is 10.4. The zero-order valence-electron chi connectivity index (χ0n) is 10.8. The van der Waals surface area contributed by atoms with E-state index in [1.165, 1.54) is 0 Å². The molecule has 2 heterocycles. The summed E-state index contributed by atoms with van der Waals surface area (Å²) in [5.41, 5.74) is 5.27. The lowest BCUT2D eigenvalue weighted by Crippen LogP contribution is -2.37. The van der Waals surface area contributed by atoms with E-state index >= 15 is 0 Å². The Morgan fingerprint density at radius 3 is 2.75 bits per heavy atom. The van der Waals surface area contributed by atoms with Gasteiger partial charge in [-0.2, -0.15) is 9.97 Å². The van der Waals surface area contributed by atoms with Gasteiger partial charge in [0.05, 0.1) is 24.7 Å². The summed E-state index contributed by atoms with van der Waals surface area (Å²) in [7, 11) is 0. The molecule has 0 aromatic carbocycles. The highest BCUT2D eigenvalue weighted by molar-refractivity contribution is 5.70. The molecule has 20 heavy (non-hydrogen) atoms. The number of anilines is 3. The van der Waals surface area contributed by atoms with Crippen molar-refractivity contribution in [1.29, 1.82) is 0 Å². The first-order valence-electron chi connectivity index (χ1n) is 6.13. The van der Waals surface area contributed by atoms with Crippen LogP contribution in [0.25, 0.3) is 0 Å². The van der Waals surface area contributed by atoms with Gasteiger partial charge in [0.1, 0.15) is 0 Å². The third-order valence-electron chi connectivity index (χ3n) is 2.78. The number of ether oxygens (including phenoxy) is 1. The van der Waals surface area contributed by atoms with E-state index in [0.717, 1.165) is 0 Å². The second-order valence-electron chi connectivity index (χ2n) is 4.11. The Hall–Kier alpha value is -2.20. The van der Waals surface area contributed by atoms with E-state index in [1.807, 2.05) is 4.90 Å². The predicted molar refractivity (Wildman–Crippen MR) is 71.7 cm³/mol. The van der Waals surface area contributed by atoms with Crippen LogP contribution < -0.4 is 16.0 Å². The second kappa shape index (κ2) is 6.30. The largest absolute Gasteiger partial charge is 0.395 e. The van der Waals surface area contributed by atoms with Crippen LogP contribution in [0.1, 0.15) is 0 Å². The topological polar surface area (TPSA) is 140 Å². The molecule has 0 atom stereocenters. The van der Waals surface area contributed by atoms with Gasteiger partial charge in [-0.1, -0.05) is 0 Å². The van der Waals surface area contributed by atoms with Crippen molar-refractivity contribution in [2.75, 3.05) is 55.4 Å². The average Bonchev–Trinajstić information content (AvgIpc) is 2.45. The van der Waals surface area contributed by atoms with Crippen molar-refractivity contribution in [1.82, 2.24) is 9.97 Å². The van der Waals surface area contributed by atoms with Crippen molar-refractivity contribution in [3.05, 3.63) is 10.1 Å². The maximum Gasteiger partial charge on any atom is 0.353 e. The normalized spacial score (nSPS) is 15.2. The molecule has 0 bridgehead atoms. The van der Waals surface area contributed by atoms with Gasteiger partial charge in [-0.05, 0) is 0 Å². The minimum Gasteiger partial charge on any atom is -0.395 e. The van der Waals surface area contributed by atoms with E-state index in [0.29, 0.717) is 32.3 Å². The van der Waals surface area contributed by atoms with Crippen molar-refractivity contribution in [3.8, 4) is 0 Å². The summed E-state index contributed by atoms with van der Waals surface area (Å²) in [5.74, 6) is 0.127. The number of aliphatic hydroxyl groups excluding tert-OH is 1. The second-order valence-corrected chi connectivity index (χ2v) is 4.11. The Morgan fingerprint density at radius 1 is 1.45 bits per heavy atom. The van der Waals surface area contributed by atoms with Gasteiger partial charge in [0.25, 0.3) is 0 Å². The van der Waals surface area contributed by atoms with Gasteiger partial charge in [0, 0.05) is 19.6 Å². The van der Waals surface area contributed by atoms with Crippen LogP contribution in [0.2, 0.25) is 0 Å². The minimum absolute atomic E-state index is 0.0121. The fourth-order valence-electron chi connectivity index (χ4n) is 1.84.